The van der Waals surface area contributed by atoms with Crippen LogP contribution in [0.15, 0.2) is 10.9 Å². The van der Waals surface area contributed by atoms with Gasteiger partial charge in [-0.1, -0.05) is 13.8 Å². The first-order valence-corrected chi connectivity index (χ1v) is 8.52. The van der Waals surface area contributed by atoms with Gasteiger partial charge in [0.25, 0.3) is 0 Å². The van der Waals surface area contributed by atoms with Crippen LogP contribution in [0.25, 0.3) is 0 Å². The zero-order valence-corrected chi connectivity index (χ0v) is 13.3. The lowest BCUT2D eigenvalue weighted by atomic mass is 9.90. The van der Waals surface area contributed by atoms with E-state index in [1.54, 1.807) is 10.4 Å². The number of fused-ring (bicyclic) bond motifs is 1. The molecule has 2 aliphatic rings. The SMILES string of the molecule is CC(C)C1C(=O)N2CCCCC2C(=O)N1Cc1cscn1. The lowest BCUT2D eigenvalue weighted by molar-refractivity contribution is -0.166. The number of carbonyl (C=O) groups is 2. The molecule has 0 radical (unpaired) electrons. The molecule has 2 fully saturated rings. The average Bonchev–Trinajstić information content (AvgIpc) is 2.97. The van der Waals surface area contributed by atoms with E-state index in [1.807, 2.05) is 24.1 Å². The molecule has 2 amide bonds. The molecule has 1 aromatic heterocycles. The van der Waals surface area contributed by atoms with Crippen molar-refractivity contribution in [2.75, 3.05) is 6.54 Å². The minimum atomic E-state index is -0.353. The van der Waals surface area contributed by atoms with Gasteiger partial charge in [-0.15, -0.1) is 11.3 Å². The second-order valence-electron chi connectivity index (χ2n) is 6.18. The number of aromatic nitrogens is 1. The maximum absolute atomic E-state index is 12.9. The smallest absolute Gasteiger partial charge is 0.246 e. The number of nitrogens with zero attached hydrogens (tertiary/aromatic N) is 3. The third kappa shape index (κ3) is 2.57. The molecule has 114 valence electrons. The maximum Gasteiger partial charge on any atom is 0.246 e. The number of thiazole rings is 1. The standard InChI is InChI=1S/C15H21N3O2S/c1-10(2)13-15(20)17-6-4-3-5-12(17)14(19)18(13)7-11-8-21-9-16-11/h8-10,12-13H,3-7H2,1-2H3. The molecule has 3 heterocycles. The van der Waals surface area contributed by atoms with Gasteiger partial charge in [0, 0.05) is 11.9 Å². The molecular weight excluding hydrogens is 286 g/mol. The molecule has 2 unspecified atom stereocenters. The van der Waals surface area contributed by atoms with Gasteiger partial charge in [0.05, 0.1) is 17.7 Å². The van der Waals surface area contributed by atoms with Crippen molar-refractivity contribution < 1.29 is 9.59 Å². The fourth-order valence-corrected chi connectivity index (χ4v) is 3.94. The van der Waals surface area contributed by atoms with Gasteiger partial charge >= 0.3 is 0 Å². The Hall–Kier alpha value is -1.43. The van der Waals surface area contributed by atoms with Crippen LogP contribution in [-0.4, -0.2) is 45.2 Å². The predicted octanol–water partition coefficient (Wildman–Crippen LogP) is 1.89. The van der Waals surface area contributed by atoms with Crippen molar-refractivity contribution >= 4 is 23.2 Å². The number of piperidine rings is 1. The minimum absolute atomic E-state index is 0.0981. The van der Waals surface area contributed by atoms with Crippen LogP contribution in [0, 0.1) is 5.92 Å². The predicted molar refractivity (Wildman–Crippen MR) is 80.6 cm³/mol. The number of piperazine rings is 1. The number of hydrogen-bond acceptors (Lipinski definition) is 4. The highest BCUT2D eigenvalue weighted by molar-refractivity contribution is 7.07. The van der Waals surface area contributed by atoms with Gasteiger partial charge in [-0.05, 0) is 25.2 Å². The summed E-state index contributed by atoms with van der Waals surface area (Å²) in [5, 5.41) is 1.95. The van der Waals surface area contributed by atoms with Crippen molar-refractivity contribution in [2.45, 2.75) is 51.7 Å². The molecular formula is C15H21N3O2S. The molecule has 6 heteroatoms. The van der Waals surface area contributed by atoms with Crippen LogP contribution < -0.4 is 0 Å². The Labute approximate surface area is 129 Å². The number of carbonyl (C=O) groups excluding carboxylic acids is 2. The second-order valence-corrected chi connectivity index (χ2v) is 6.90. The normalized spacial score (nSPS) is 26.4. The Balaban J connectivity index is 1.90. The monoisotopic (exact) mass is 307 g/mol. The summed E-state index contributed by atoms with van der Waals surface area (Å²) in [6.45, 7) is 5.19. The van der Waals surface area contributed by atoms with E-state index < -0.39 is 0 Å². The molecule has 5 nitrogen and oxygen atoms in total. The van der Waals surface area contributed by atoms with E-state index in [1.165, 1.54) is 11.3 Å². The number of rotatable bonds is 3. The summed E-state index contributed by atoms with van der Waals surface area (Å²) in [6, 6.07) is -0.603. The van der Waals surface area contributed by atoms with E-state index in [0.717, 1.165) is 31.5 Å². The van der Waals surface area contributed by atoms with Gasteiger partial charge in [-0.25, -0.2) is 4.98 Å². The van der Waals surface area contributed by atoms with Crippen LogP contribution in [0.3, 0.4) is 0 Å². The molecule has 0 bridgehead atoms. The van der Waals surface area contributed by atoms with Gasteiger partial charge in [-0.3, -0.25) is 9.59 Å². The molecule has 0 aliphatic carbocycles. The van der Waals surface area contributed by atoms with Crippen LogP contribution in [0.4, 0.5) is 0 Å². The minimum Gasteiger partial charge on any atom is -0.329 e. The van der Waals surface area contributed by atoms with Crippen LogP contribution >= 0.6 is 11.3 Å². The molecule has 0 N–H and O–H groups in total. The van der Waals surface area contributed by atoms with Crippen molar-refractivity contribution in [1.82, 2.24) is 14.8 Å². The average molecular weight is 307 g/mol. The van der Waals surface area contributed by atoms with E-state index >= 15 is 0 Å². The second kappa shape index (κ2) is 5.75. The topological polar surface area (TPSA) is 53.5 Å². The highest BCUT2D eigenvalue weighted by atomic mass is 32.1. The molecule has 3 rings (SSSR count). The Morgan fingerprint density at radius 1 is 1.33 bits per heavy atom. The van der Waals surface area contributed by atoms with Crippen LogP contribution in [-0.2, 0) is 16.1 Å². The maximum atomic E-state index is 12.9. The molecule has 2 atom stereocenters. The number of amides is 2. The molecule has 0 spiro atoms. The molecule has 21 heavy (non-hydrogen) atoms. The van der Waals surface area contributed by atoms with Crippen LogP contribution in [0.1, 0.15) is 38.8 Å². The van der Waals surface area contributed by atoms with E-state index in [0.29, 0.717) is 6.54 Å². The van der Waals surface area contributed by atoms with E-state index in [2.05, 4.69) is 4.98 Å². The van der Waals surface area contributed by atoms with Crippen molar-refractivity contribution in [3.63, 3.8) is 0 Å². The largest absolute Gasteiger partial charge is 0.329 e. The van der Waals surface area contributed by atoms with Gasteiger partial charge in [0.1, 0.15) is 12.1 Å². The first kappa shape index (κ1) is 14.5. The fourth-order valence-electron chi connectivity index (χ4n) is 3.40. The van der Waals surface area contributed by atoms with Gasteiger partial charge in [-0.2, -0.15) is 0 Å². The highest BCUT2D eigenvalue weighted by Crippen LogP contribution is 2.30. The zero-order valence-electron chi connectivity index (χ0n) is 12.5. The first-order valence-electron chi connectivity index (χ1n) is 7.57. The molecule has 0 saturated carbocycles. The van der Waals surface area contributed by atoms with Crippen molar-refractivity contribution in [3.05, 3.63) is 16.6 Å². The van der Waals surface area contributed by atoms with Crippen molar-refractivity contribution in [3.8, 4) is 0 Å². The van der Waals surface area contributed by atoms with E-state index in [9.17, 15) is 9.59 Å². The summed E-state index contributed by atoms with van der Waals surface area (Å²) in [5.74, 6) is 0.327. The highest BCUT2D eigenvalue weighted by Gasteiger charge is 2.47. The van der Waals surface area contributed by atoms with Crippen molar-refractivity contribution in [1.29, 1.82) is 0 Å². The van der Waals surface area contributed by atoms with Gasteiger partial charge in [0.2, 0.25) is 11.8 Å². The first-order chi connectivity index (χ1) is 10.1. The van der Waals surface area contributed by atoms with Gasteiger partial charge in [0.15, 0.2) is 0 Å². The van der Waals surface area contributed by atoms with Crippen LogP contribution in [0.2, 0.25) is 0 Å². The van der Waals surface area contributed by atoms with Crippen molar-refractivity contribution in [2.24, 2.45) is 5.92 Å². The van der Waals surface area contributed by atoms with Crippen LogP contribution in [0.5, 0.6) is 0 Å². The van der Waals surface area contributed by atoms with Gasteiger partial charge < -0.3 is 9.80 Å². The third-order valence-corrected chi connectivity index (χ3v) is 5.03. The summed E-state index contributed by atoms with van der Waals surface area (Å²) in [4.78, 5) is 33.5. The Morgan fingerprint density at radius 2 is 2.14 bits per heavy atom. The summed E-state index contributed by atoms with van der Waals surface area (Å²) in [6.07, 6.45) is 2.83. The Kier molecular flexibility index (Phi) is 3.97. The summed E-state index contributed by atoms with van der Waals surface area (Å²) in [5.41, 5.74) is 2.64. The fraction of sp³-hybridized carbons (Fsp3) is 0.667. The summed E-state index contributed by atoms with van der Waals surface area (Å²) >= 11 is 1.52. The Morgan fingerprint density at radius 3 is 2.81 bits per heavy atom. The lowest BCUT2D eigenvalue weighted by Gasteiger charge is -2.48. The molecule has 2 saturated heterocycles. The molecule has 2 aliphatic heterocycles. The molecule has 1 aromatic rings. The summed E-state index contributed by atoms with van der Waals surface area (Å²) in [7, 11) is 0. The zero-order chi connectivity index (χ0) is 15.0. The van der Waals surface area contributed by atoms with E-state index in [4.69, 9.17) is 0 Å². The lowest BCUT2D eigenvalue weighted by Crippen LogP contribution is -2.66. The molecule has 0 aromatic carbocycles. The summed E-state index contributed by atoms with van der Waals surface area (Å²) < 4.78 is 0. The number of hydrogen-bond donors (Lipinski definition) is 0. The van der Waals surface area contributed by atoms with E-state index in [-0.39, 0.29) is 29.8 Å². The third-order valence-electron chi connectivity index (χ3n) is 4.39. The quantitative estimate of drug-likeness (QED) is 0.857. The Bertz CT molecular complexity index is 529.